The summed E-state index contributed by atoms with van der Waals surface area (Å²) in [5.41, 5.74) is 0.595. The van der Waals surface area contributed by atoms with E-state index in [1.165, 1.54) is 11.3 Å². The molecule has 0 saturated carbocycles. The normalized spacial score (nSPS) is 9.74. The predicted molar refractivity (Wildman–Crippen MR) is 72.8 cm³/mol. The SMILES string of the molecule is O=C(NCCn1ccnc1)c1csc(C#CCO)c1. The topological polar surface area (TPSA) is 67.2 Å². The zero-order chi connectivity index (χ0) is 13.5. The van der Waals surface area contributed by atoms with Gasteiger partial charge in [0, 0.05) is 30.9 Å². The summed E-state index contributed by atoms with van der Waals surface area (Å²) in [6, 6.07) is 1.72. The summed E-state index contributed by atoms with van der Waals surface area (Å²) in [4.78, 5) is 16.5. The van der Waals surface area contributed by atoms with E-state index in [0.29, 0.717) is 18.7 Å². The van der Waals surface area contributed by atoms with E-state index in [0.717, 1.165) is 4.88 Å². The molecular formula is C13H13N3O2S. The molecule has 0 aliphatic heterocycles. The Morgan fingerprint density at radius 2 is 2.47 bits per heavy atom. The molecule has 0 saturated heterocycles. The second kappa shape index (κ2) is 6.73. The van der Waals surface area contributed by atoms with Gasteiger partial charge in [-0.05, 0) is 6.07 Å². The lowest BCUT2D eigenvalue weighted by molar-refractivity contribution is 0.0952. The summed E-state index contributed by atoms with van der Waals surface area (Å²) in [6.45, 7) is 1.06. The summed E-state index contributed by atoms with van der Waals surface area (Å²) >= 11 is 1.39. The number of aliphatic hydroxyl groups is 1. The van der Waals surface area contributed by atoms with Crippen molar-refractivity contribution in [3.05, 3.63) is 40.6 Å². The van der Waals surface area contributed by atoms with Gasteiger partial charge in [-0.15, -0.1) is 11.3 Å². The monoisotopic (exact) mass is 275 g/mol. The summed E-state index contributed by atoms with van der Waals surface area (Å²) < 4.78 is 1.89. The Hall–Kier alpha value is -2.10. The highest BCUT2D eigenvalue weighted by atomic mass is 32.1. The lowest BCUT2D eigenvalue weighted by Crippen LogP contribution is -2.26. The Bertz CT molecular complexity index is 593. The molecule has 2 aromatic rings. The van der Waals surface area contributed by atoms with Crippen molar-refractivity contribution < 1.29 is 9.90 Å². The molecule has 98 valence electrons. The quantitative estimate of drug-likeness (QED) is 0.808. The fourth-order valence-electron chi connectivity index (χ4n) is 1.47. The molecular weight excluding hydrogens is 262 g/mol. The van der Waals surface area contributed by atoms with Crippen LogP contribution in [0.1, 0.15) is 15.2 Å². The van der Waals surface area contributed by atoms with Crippen LogP contribution >= 0.6 is 11.3 Å². The second-order valence-corrected chi connectivity index (χ2v) is 4.63. The fraction of sp³-hybridized carbons (Fsp3) is 0.231. The molecule has 1 amide bonds. The minimum absolute atomic E-state index is 0.117. The van der Waals surface area contributed by atoms with Crippen LogP contribution in [0.4, 0.5) is 0 Å². The van der Waals surface area contributed by atoms with Crippen LogP contribution < -0.4 is 5.32 Å². The molecule has 0 unspecified atom stereocenters. The number of nitrogens with one attached hydrogen (secondary N) is 1. The fourth-order valence-corrected chi connectivity index (χ4v) is 2.22. The molecule has 0 bridgehead atoms. The van der Waals surface area contributed by atoms with Gasteiger partial charge in [-0.2, -0.15) is 0 Å². The Labute approximate surface area is 114 Å². The van der Waals surface area contributed by atoms with Gasteiger partial charge in [0.25, 0.3) is 5.91 Å². The Kier molecular flexibility index (Phi) is 4.72. The molecule has 19 heavy (non-hydrogen) atoms. The van der Waals surface area contributed by atoms with Crippen molar-refractivity contribution in [3.63, 3.8) is 0 Å². The number of carbonyl (C=O) groups excluding carboxylic acids is 1. The first-order valence-electron chi connectivity index (χ1n) is 5.72. The van der Waals surface area contributed by atoms with E-state index in [1.54, 1.807) is 24.0 Å². The predicted octanol–water partition coefficient (Wildman–Crippen LogP) is 0.718. The van der Waals surface area contributed by atoms with Gasteiger partial charge in [0.1, 0.15) is 6.61 Å². The number of aliphatic hydroxyl groups excluding tert-OH is 1. The molecule has 2 heterocycles. The summed E-state index contributed by atoms with van der Waals surface area (Å²) in [7, 11) is 0. The minimum Gasteiger partial charge on any atom is -0.384 e. The smallest absolute Gasteiger partial charge is 0.252 e. The highest BCUT2D eigenvalue weighted by Gasteiger charge is 2.07. The van der Waals surface area contributed by atoms with E-state index in [2.05, 4.69) is 22.1 Å². The zero-order valence-corrected chi connectivity index (χ0v) is 11.0. The largest absolute Gasteiger partial charge is 0.384 e. The van der Waals surface area contributed by atoms with E-state index in [-0.39, 0.29) is 12.5 Å². The number of thiophene rings is 1. The van der Waals surface area contributed by atoms with Crippen LogP contribution in [0, 0.1) is 11.8 Å². The number of carbonyl (C=O) groups is 1. The third-order valence-corrected chi connectivity index (χ3v) is 3.21. The van der Waals surface area contributed by atoms with Crippen molar-refractivity contribution in [2.45, 2.75) is 6.54 Å². The number of hydrogen-bond acceptors (Lipinski definition) is 4. The van der Waals surface area contributed by atoms with Crippen LogP contribution in [0.2, 0.25) is 0 Å². The highest BCUT2D eigenvalue weighted by Crippen LogP contribution is 2.13. The first kappa shape index (κ1) is 13.3. The van der Waals surface area contributed by atoms with E-state index in [9.17, 15) is 4.79 Å². The van der Waals surface area contributed by atoms with E-state index >= 15 is 0 Å². The first-order valence-corrected chi connectivity index (χ1v) is 6.60. The summed E-state index contributed by atoms with van der Waals surface area (Å²) in [5, 5.41) is 13.2. The third kappa shape index (κ3) is 3.95. The van der Waals surface area contributed by atoms with Crippen LogP contribution in [0.3, 0.4) is 0 Å². The van der Waals surface area contributed by atoms with Crippen molar-refractivity contribution >= 4 is 17.2 Å². The van der Waals surface area contributed by atoms with Crippen molar-refractivity contribution in [1.82, 2.24) is 14.9 Å². The standard InChI is InChI=1S/C13H13N3O2S/c17-7-1-2-12-8-11(9-19-12)13(18)15-4-6-16-5-3-14-10-16/h3,5,8-10,17H,4,6-7H2,(H,15,18). The number of amides is 1. The lowest BCUT2D eigenvalue weighted by Gasteiger charge is -2.04. The first-order chi connectivity index (χ1) is 9.29. The van der Waals surface area contributed by atoms with Crippen molar-refractivity contribution in [2.75, 3.05) is 13.2 Å². The van der Waals surface area contributed by atoms with Gasteiger partial charge in [-0.3, -0.25) is 4.79 Å². The van der Waals surface area contributed by atoms with Crippen molar-refractivity contribution in [3.8, 4) is 11.8 Å². The molecule has 0 aromatic carbocycles. The van der Waals surface area contributed by atoms with E-state index in [4.69, 9.17) is 5.11 Å². The number of nitrogens with zero attached hydrogens (tertiary/aromatic N) is 2. The van der Waals surface area contributed by atoms with Gasteiger partial charge in [-0.1, -0.05) is 11.8 Å². The van der Waals surface area contributed by atoms with Gasteiger partial charge in [0.05, 0.1) is 16.8 Å². The van der Waals surface area contributed by atoms with Crippen molar-refractivity contribution in [1.29, 1.82) is 0 Å². The van der Waals surface area contributed by atoms with Crippen LogP contribution in [0.15, 0.2) is 30.2 Å². The van der Waals surface area contributed by atoms with E-state index in [1.807, 2.05) is 10.8 Å². The average molecular weight is 275 g/mol. The van der Waals surface area contributed by atoms with Gasteiger partial charge < -0.3 is 15.0 Å². The molecule has 0 aliphatic rings. The maximum atomic E-state index is 11.8. The van der Waals surface area contributed by atoms with Gasteiger partial charge >= 0.3 is 0 Å². The molecule has 5 nitrogen and oxygen atoms in total. The second-order valence-electron chi connectivity index (χ2n) is 3.72. The molecule has 2 aromatic heterocycles. The number of aromatic nitrogens is 2. The molecule has 0 spiro atoms. The third-order valence-electron chi connectivity index (χ3n) is 2.37. The van der Waals surface area contributed by atoms with Gasteiger partial charge in [0.2, 0.25) is 0 Å². The lowest BCUT2D eigenvalue weighted by atomic mass is 10.3. The minimum atomic E-state index is -0.176. The average Bonchev–Trinajstić information content (AvgIpc) is 3.07. The Balaban J connectivity index is 1.84. The number of imidazole rings is 1. The maximum absolute atomic E-state index is 11.8. The van der Waals surface area contributed by atoms with Gasteiger partial charge in [-0.25, -0.2) is 4.98 Å². The van der Waals surface area contributed by atoms with Crippen LogP contribution in [0.25, 0.3) is 0 Å². The molecule has 0 atom stereocenters. The molecule has 6 heteroatoms. The molecule has 0 aliphatic carbocycles. The number of hydrogen-bond donors (Lipinski definition) is 2. The van der Waals surface area contributed by atoms with Gasteiger partial charge in [0.15, 0.2) is 0 Å². The number of rotatable bonds is 4. The van der Waals surface area contributed by atoms with Crippen LogP contribution in [-0.4, -0.2) is 33.7 Å². The van der Waals surface area contributed by atoms with E-state index < -0.39 is 0 Å². The Morgan fingerprint density at radius 3 is 3.21 bits per heavy atom. The maximum Gasteiger partial charge on any atom is 0.252 e. The summed E-state index contributed by atoms with van der Waals surface area (Å²) in [5.74, 6) is 5.21. The molecule has 2 rings (SSSR count). The zero-order valence-electron chi connectivity index (χ0n) is 10.2. The summed E-state index contributed by atoms with van der Waals surface area (Å²) in [6.07, 6.45) is 5.26. The molecule has 0 fully saturated rings. The highest BCUT2D eigenvalue weighted by molar-refractivity contribution is 7.10. The molecule has 2 N–H and O–H groups in total. The van der Waals surface area contributed by atoms with Crippen molar-refractivity contribution in [2.24, 2.45) is 0 Å². The Morgan fingerprint density at radius 1 is 1.58 bits per heavy atom. The molecule has 0 radical (unpaired) electrons. The van der Waals surface area contributed by atoms with Crippen LogP contribution in [0.5, 0.6) is 0 Å². The van der Waals surface area contributed by atoms with Crippen LogP contribution in [-0.2, 0) is 6.54 Å².